The van der Waals surface area contributed by atoms with E-state index in [0.717, 1.165) is 6.42 Å². The van der Waals surface area contributed by atoms with Crippen LogP contribution in [0.15, 0.2) is 115 Å². The molecule has 0 aliphatic heterocycles. The molecule has 0 N–H and O–H groups in total. The van der Waals surface area contributed by atoms with Crippen LogP contribution in [0.2, 0.25) is 0 Å². The lowest BCUT2D eigenvalue weighted by atomic mass is 9.60. The smallest absolute Gasteiger partial charge is 0.0551 e. The summed E-state index contributed by atoms with van der Waals surface area (Å²) in [5.74, 6) is 0.266. The van der Waals surface area contributed by atoms with Crippen molar-refractivity contribution in [3.63, 3.8) is 0 Å². The third-order valence-electron chi connectivity index (χ3n) is 6.29. The molecule has 0 heteroatoms. The van der Waals surface area contributed by atoms with Gasteiger partial charge in [-0.25, -0.2) is 0 Å². The van der Waals surface area contributed by atoms with Gasteiger partial charge in [-0.05, 0) is 46.7 Å². The molecule has 28 heavy (non-hydrogen) atoms. The second kappa shape index (κ2) is 6.80. The zero-order valence-electron chi connectivity index (χ0n) is 16.2. The molecular formula is C28H24. The van der Waals surface area contributed by atoms with Crippen LogP contribution in [0.3, 0.4) is 0 Å². The Balaban J connectivity index is 1.87. The Kier molecular flexibility index (Phi) is 4.13. The van der Waals surface area contributed by atoms with E-state index >= 15 is 0 Å². The van der Waals surface area contributed by atoms with E-state index in [-0.39, 0.29) is 11.3 Å². The lowest BCUT2D eigenvalue weighted by Crippen LogP contribution is -2.35. The van der Waals surface area contributed by atoms with E-state index in [0.29, 0.717) is 0 Å². The average molecular weight is 361 g/mol. The maximum atomic E-state index is 2.48. The van der Waals surface area contributed by atoms with Gasteiger partial charge in [-0.3, -0.25) is 0 Å². The van der Waals surface area contributed by atoms with Gasteiger partial charge in [0.2, 0.25) is 0 Å². The molecule has 5 rings (SSSR count). The summed E-state index contributed by atoms with van der Waals surface area (Å²) in [6.07, 6.45) is 10.5. The second-order valence-electron chi connectivity index (χ2n) is 7.75. The zero-order valence-corrected chi connectivity index (χ0v) is 16.2. The highest BCUT2D eigenvalue weighted by Crippen LogP contribution is 2.55. The van der Waals surface area contributed by atoms with Gasteiger partial charge in [0, 0.05) is 5.92 Å². The molecule has 0 spiro atoms. The maximum Gasteiger partial charge on any atom is 0.0551 e. The second-order valence-corrected chi connectivity index (χ2v) is 7.75. The van der Waals surface area contributed by atoms with E-state index in [4.69, 9.17) is 0 Å². The predicted octanol–water partition coefficient (Wildman–Crippen LogP) is 7.06. The summed E-state index contributed by atoms with van der Waals surface area (Å²) in [6, 6.07) is 31.0. The molecule has 136 valence electrons. The lowest BCUT2D eigenvalue weighted by Gasteiger charge is -2.41. The highest BCUT2D eigenvalue weighted by Gasteiger charge is 2.46. The SMILES string of the molecule is CC1=CC(C(C2=CCC=C2)(c2ccccc2)c2ccccc2)c2ccccc21. The van der Waals surface area contributed by atoms with Gasteiger partial charge in [0.25, 0.3) is 0 Å². The van der Waals surface area contributed by atoms with Crippen molar-refractivity contribution in [2.45, 2.75) is 24.7 Å². The number of hydrogen-bond donors (Lipinski definition) is 0. The van der Waals surface area contributed by atoms with Gasteiger partial charge >= 0.3 is 0 Å². The van der Waals surface area contributed by atoms with Crippen LogP contribution in [-0.4, -0.2) is 0 Å². The first-order valence-electron chi connectivity index (χ1n) is 10.1. The van der Waals surface area contributed by atoms with Crippen LogP contribution in [0.1, 0.15) is 41.5 Å². The number of hydrogen-bond acceptors (Lipinski definition) is 0. The molecule has 0 bridgehead atoms. The van der Waals surface area contributed by atoms with Crippen LogP contribution < -0.4 is 0 Å². The quantitative estimate of drug-likeness (QED) is 0.467. The topological polar surface area (TPSA) is 0 Å². The van der Waals surface area contributed by atoms with E-state index in [2.05, 4.69) is 116 Å². The third-order valence-corrected chi connectivity index (χ3v) is 6.29. The Bertz CT molecular complexity index is 1040. The molecule has 0 radical (unpaired) electrons. The summed E-state index contributed by atoms with van der Waals surface area (Å²) in [4.78, 5) is 0. The fourth-order valence-electron chi connectivity index (χ4n) is 5.11. The number of rotatable bonds is 4. The number of benzene rings is 3. The Morgan fingerprint density at radius 2 is 1.36 bits per heavy atom. The van der Waals surface area contributed by atoms with Gasteiger partial charge in [-0.1, -0.05) is 109 Å². The molecule has 0 saturated heterocycles. The molecule has 2 aliphatic carbocycles. The van der Waals surface area contributed by atoms with E-state index in [9.17, 15) is 0 Å². The van der Waals surface area contributed by atoms with Crippen LogP contribution in [0.25, 0.3) is 5.57 Å². The molecule has 0 amide bonds. The minimum absolute atomic E-state index is 0.233. The molecule has 0 nitrogen and oxygen atoms in total. The first-order chi connectivity index (χ1) is 13.8. The lowest BCUT2D eigenvalue weighted by molar-refractivity contribution is 0.555. The van der Waals surface area contributed by atoms with Crippen LogP contribution in [0, 0.1) is 0 Å². The zero-order chi connectivity index (χ0) is 19.0. The average Bonchev–Trinajstić information content (AvgIpc) is 3.41. The molecule has 0 heterocycles. The first kappa shape index (κ1) is 17.0. The Labute approximate surface area is 167 Å². The van der Waals surface area contributed by atoms with Crippen molar-refractivity contribution >= 4 is 5.57 Å². The van der Waals surface area contributed by atoms with Crippen LogP contribution in [0.4, 0.5) is 0 Å². The molecule has 3 aromatic carbocycles. The number of allylic oxidation sites excluding steroid dienone is 6. The Morgan fingerprint density at radius 1 is 0.750 bits per heavy atom. The van der Waals surface area contributed by atoms with Crippen molar-refractivity contribution < 1.29 is 0 Å². The molecule has 0 aromatic heterocycles. The first-order valence-corrected chi connectivity index (χ1v) is 10.1. The van der Waals surface area contributed by atoms with E-state index < -0.39 is 0 Å². The van der Waals surface area contributed by atoms with Crippen molar-refractivity contribution in [2.75, 3.05) is 0 Å². The van der Waals surface area contributed by atoms with Crippen LogP contribution in [-0.2, 0) is 5.41 Å². The Morgan fingerprint density at radius 3 is 1.96 bits per heavy atom. The molecule has 1 unspecified atom stereocenters. The van der Waals surface area contributed by atoms with Gasteiger partial charge < -0.3 is 0 Å². The molecule has 0 saturated carbocycles. The minimum Gasteiger partial charge on any atom is -0.0804 e. The fourth-order valence-corrected chi connectivity index (χ4v) is 5.11. The molecule has 1 atom stereocenters. The van der Waals surface area contributed by atoms with Gasteiger partial charge in [-0.2, -0.15) is 0 Å². The van der Waals surface area contributed by atoms with Gasteiger partial charge in [-0.15, -0.1) is 0 Å². The van der Waals surface area contributed by atoms with Crippen molar-refractivity contribution in [3.05, 3.63) is 137 Å². The van der Waals surface area contributed by atoms with E-state index in [1.807, 2.05) is 0 Å². The molecular weight excluding hydrogens is 336 g/mol. The van der Waals surface area contributed by atoms with Gasteiger partial charge in [0.1, 0.15) is 0 Å². The minimum atomic E-state index is -0.233. The summed E-state index contributed by atoms with van der Waals surface area (Å²) in [5, 5.41) is 0. The van der Waals surface area contributed by atoms with Crippen molar-refractivity contribution in [1.82, 2.24) is 0 Å². The monoisotopic (exact) mass is 360 g/mol. The van der Waals surface area contributed by atoms with E-state index in [1.165, 1.54) is 33.4 Å². The normalized spacial score (nSPS) is 18.0. The summed E-state index contributed by atoms with van der Waals surface area (Å²) in [6.45, 7) is 2.25. The number of fused-ring (bicyclic) bond motifs is 1. The summed E-state index contributed by atoms with van der Waals surface area (Å²) in [7, 11) is 0. The predicted molar refractivity (Wildman–Crippen MR) is 118 cm³/mol. The molecule has 0 fully saturated rings. The third kappa shape index (κ3) is 2.45. The highest BCUT2D eigenvalue weighted by molar-refractivity contribution is 5.76. The van der Waals surface area contributed by atoms with E-state index in [1.54, 1.807) is 0 Å². The fraction of sp³-hybridized carbons (Fsp3) is 0.143. The summed E-state index contributed by atoms with van der Waals surface area (Å²) >= 11 is 0. The largest absolute Gasteiger partial charge is 0.0804 e. The van der Waals surface area contributed by atoms with Crippen LogP contribution >= 0.6 is 0 Å². The highest BCUT2D eigenvalue weighted by atomic mass is 14.5. The van der Waals surface area contributed by atoms with Crippen molar-refractivity contribution in [1.29, 1.82) is 0 Å². The Hall–Kier alpha value is -3.12. The van der Waals surface area contributed by atoms with Crippen molar-refractivity contribution in [3.8, 4) is 0 Å². The molecule has 3 aromatic rings. The molecule has 2 aliphatic rings. The maximum absolute atomic E-state index is 2.48. The standard InChI is InChI=1S/C28H24/c1-21-20-27(26-19-11-10-18-25(21)26)28(24-16-8-9-17-24,22-12-4-2-5-13-22)23-14-6-3-7-15-23/h2-8,10-20,27H,9H2,1H3. The van der Waals surface area contributed by atoms with Crippen molar-refractivity contribution in [2.24, 2.45) is 0 Å². The van der Waals surface area contributed by atoms with Crippen LogP contribution in [0.5, 0.6) is 0 Å². The van der Waals surface area contributed by atoms with Gasteiger partial charge in [0.05, 0.1) is 5.41 Å². The summed E-state index contributed by atoms with van der Waals surface area (Å²) in [5.41, 5.74) is 8.05. The van der Waals surface area contributed by atoms with Gasteiger partial charge in [0.15, 0.2) is 0 Å². The summed E-state index contributed by atoms with van der Waals surface area (Å²) < 4.78 is 0.